The minimum Gasteiger partial charge on any atom is -0.493 e. The lowest BCUT2D eigenvalue weighted by atomic mass is 10.1. The fourth-order valence-corrected chi connectivity index (χ4v) is 2.58. The molecule has 1 aliphatic rings. The fourth-order valence-electron chi connectivity index (χ4n) is 2.58. The summed E-state index contributed by atoms with van der Waals surface area (Å²) in [5.41, 5.74) is 0.872. The van der Waals surface area contributed by atoms with Gasteiger partial charge in [-0.3, -0.25) is 4.79 Å². The Balaban J connectivity index is 1.99. The summed E-state index contributed by atoms with van der Waals surface area (Å²) >= 11 is 0. The van der Waals surface area contributed by atoms with E-state index in [0.29, 0.717) is 11.1 Å². The van der Waals surface area contributed by atoms with E-state index in [0.717, 1.165) is 0 Å². The Kier molecular flexibility index (Phi) is 5.92. The van der Waals surface area contributed by atoms with Crippen molar-refractivity contribution in [1.82, 2.24) is 0 Å². The zero-order chi connectivity index (χ0) is 21.0. The molecule has 29 heavy (non-hydrogen) atoms. The fraction of sp³-hybridized carbons (Fsp3) is 0.190. The van der Waals surface area contributed by atoms with Crippen LogP contribution in [0.1, 0.15) is 24.5 Å². The normalized spacial score (nSPS) is 14.4. The van der Waals surface area contributed by atoms with Crippen LogP contribution in [0.3, 0.4) is 0 Å². The molecule has 0 bridgehead atoms. The summed E-state index contributed by atoms with van der Waals surface area (Å²) < 4.78 is 34.4. The maximum absolute atomic E-state index is 13.4. The summed E-state index contributed by atoms with van der Waals surface area (Å²) in [6.45, 7) is 1.67. The number of esters is 2. The number of aliphatic imine (C=N–C) groups is 1. The van der Waals surface area contributed by atoms with E-state index in [1.54, 1.807) is 25.1 Å². The molecule has 1 aliphatic heterocycles. The molecule has 0 aliphatic carbocycles. The van der Waals surface area contributed by atoms with Crippen LogP contribution in [-0.2, 0) is 14.3 Å². The number of carbonyl (C=O) groups is 2. The van der Waals surface area contributed by atoms with Gasteiger partial charge < -0.3 is 18.9 Å². The van der Waals surface area contributed by atoms with Crippen molar-refractivity contribution in [1.29, 1.82) is 0 Å². The van der Waals surface area contributed by atoms with Crippen molar-refractivity contribution in [2.24, 2.45) is 4.99 Å². The number of carbonyl (C=O) groups excluding carboxylic acids is 2. The summed E-state index contributed by atoms with van der Waals surface area (Å²) in [6.07, 6.45) is 1.65. The van der Waals surface area contributed by atoms with Crippen LogP contribution in [0.4, 0.5) is 4.39 Å². The summed E-state index contributed by atoms with van der Waals surface area (Å²) in [7, 11) is 2.83. The monoisotopic (exact) mass is 399 g/mol. The van der Waals surface area contributed by atoms with Crippen LogP contribution in [0.5, 0.6) is 17.2 Å². The third kappa shape index (κ3) is 4.43. The summed E-state index contributed by atoms with van der Waals surface area (Å²) in [6, 6.07) is 8.71. The first-order valence-corrected chi connectivity index (χ1v) is 8.70. The largest absolute Gasteiger partial charge is 0.493 e. The molecule has 0 radical (unpaired) electrons. The van der Waals surface area contributed by atoms with Crippen LogP contribution in [0.25, 0.3) is 6.08 Å². The summed E-state index contributed by atoms with van der Waals surface area (Å²) in [5, 5.41) is 0. The van der Waals surface area contributed by atoms with Crippen molar-refractivity contribution in [2.75, 3.05) is 14.2 Å². The van der Waals surface area contributed by atoms with Crippen LogP contribution in [-0.4, -0.2) is 32.1 Å². The Morgan fingerprint density at radius 3 is 2.45 bits per heavy atom. The van der Waals surface area contributed by atoms with Gasteiger partial charge in [-0.15, -0.1) is 0 Å². The lowest BCUT2D eigenvalue weighted by molar-refractivity contribution is -0.134. The van der Waals surface area contributed by atoms with E-state index in [-0.39, 0.29) is 35.3 Å². The maximum Gasteiger partial charge on any atom is 0.363 e. The molecule has 150 valence electrons. The van der Waals surface area contributed by atoms with Gasteiger partial charge in [0.1, 0.15) is 5.82 Å². The van der Waals surface area contributed by atoms with Gasteiger partial charge in [0.15, 0.2) is 17.2 Å². The van der Waals surface area contributed by atoms with E-state index in [1.165, 1.54) is 38.5 Å². The van der Waals surface area contributed by atoms with Crippen molar-refractivity contribution in [3.8, 4) is 17.2 Å². The molecular formula is C21H18FNO6. The third-order valence-corrected chi connectivity index (χ3v) is 3.98. The van der Waals surface area contributed by atoms with Gasteiger partial charge in [0.05, 0.1) is 14.2 Å². The lowest BCUT2D eigenvalue weighted by Crippen LogP contribution is -2.08. The van der Waals surface area contributed by atoms with E-state index in [9.17, 15) is 14.0 Å². The number of hydrogen-bond acceptors (Lipinski definition) is 7. The lowest BCUT2D eigenvalue weighted by Gasteiger charge is -2.13. The van der Waals surface area contributed by atoms with E-state index in [2.05, 4.69) is 4.99 Å². The molecule has 0 unspecified atom stereocenters. The van der Waals surface area contributed by atoms with Crippen LogP contribution < -0.4 is 14.2 Å². The first-order valence-electron chi connectivity index (χ1n) is 8.70. The van der Waals surface area contributed by atoms with E-state index < -0.39 is 17.8 Å². The molecule has 2 aromatic rings. The zero-order valence-electron chi connectivity index (χ0n) is 16.0. The van der Waals surface area contributed by atoms with Crippen molar-refractivity contribution in [3.05, 3.63) is 59.0 Å². The van der Waals surface area contributed by atoms with Gasteiger partial charge in [0, 0.05) is 12.0 Å². The number of hydrogen-bond donors (Lipinski definition) is 0. The van der Waals surface area contributed by atoms with Gasteiger partial charge in [-0.2, -0.15) is 0 Å². The second kappa shape index (κ2) is 8.55. The molecule has 1 heterocycles. The Labute approximate surface area is 166 Å². The molecule has 7 nitrogen and oxygen atoms in total. The van der Waals surface area contributed by atoms with E-state index in [4.69, 9.17) is 18.9 Å². The zero-order valence-corrected chi connectivity index (χ0v) is 16.0. The average Bonchev–Trinajstić information content (AvgIpc) is 3.08. The Morgan fingerprint density at radius 1 is 1.17 bits per heavy atom. The second-order valence-electron chi connectivity index (χ2n) is 5.93. The molecule has 0 atom stereocenters. The molecule has 0 N–H and O–H groups in total. The third-order valence-electron chi connectivity index (χ3n) is 3.98. The molecule has 0 aromatic heterocycles. The van der Waals surface area contributed by atoms with Crippen molar-refractivity contribution >= 4 is 23.9 Å². The first-order chi connectivity index (χ1) is 13.9. The van der Waals surface area contributed by atoms with Crippen LogP contribution in [0.2, 0.25) is 0 Å². The number of nitrogens with zero attached hydrogens (tertiary/aromatic N) is 1. The van der Waals surface area contributed by atoms with Crippen molar-refractivity contribution < 1.29 is 32.9 Å². The second-order valence-corrected chi connectivity index (χ2v) is 5.93. The van der Waals surface area contributed by atoms with Gasteiger partial charge in [-0.1, -0.05) is 13.0 Å². The van der Waals surface area contributed by atoms with Crippen molar-refractivity contribution in [2.45, 2.75) is 13.3 Å². The van der Waals surface area contributed by atoms with Gasteiger partial charge in [-0.05, 0) is 42.0 Å². The molecule has 0 saturated heterocycles. The quantitative estimate of drug-likeness (QED) is 0.420. The van der Waals surface area contributed by atoms with Crippen molar-refractivity contribution in [3.63, 3.8) is 0 Å². The molecule has 3 rings (SSSR count). The molecule has 0 fully saturated rings. The molecule has 2 aromatic carbocycles. The van der Waals surface area contributed by atoms with Crippen LogP contribution in [0.15, 0.2) is 47.1 Å². The smallest absolute Gasteiger partial charge is 0.363 e. The number of cyclic esters (lactones) is 1. The minimum atomic E-state index is -0.677. The van der Waals surface area contributed by atoms with E-state index in [1.807, 2.05) is 0 Å². The standard InChI is InChI=1S/C21H18FNO6/c1-4-18(24)28-19-16(26-2)9-12(10-17(19)27-3)8-15-21(25)29-20(23-15)13-6-5-7-14(22)11-13/h5-11H,4H2,1-3H3/b15-8+. The highest BCUT2D eigenvalue weighted by molar-refractivity contribution is 6.12. The highest BCUT2D eigenvalue weighted by Gasteiger charge is 2.25. The van der Waals surface area contributed by atoms with Gasteiger partial charge in [-0.25, -0.2) is 14.2 Å². The number of benzene rings is 2. The first kappa shape index (κ1) is 20.1. The number of rotatable bonds is 6. The maximum atomic E-state index is 13.4. The Hall–Kier alpha value is -3.68. The minimum absolute atomic E-state index is 0.00757. The predicted octanol–water partition coefficient (Wildman–Crippen LogP) is 3.50. The van der Waals surface area contributed by atoms with Gasteiger partial charge in [0.25, 0.3) is 0 Å². The number of methoxy groups -OCH3 is 2. The highest BCUT2D eigenvalue weighted by Crippen LogP contribution is 2.39. The molecule has 0 amide bonds. The topological polar surface area (TPSA) is 83.4 Å². The predicted molar refractivity (Wildman–Crippen MR) is 102 cm³/mol. The van der Waals surface area contributed by atoms with Gasteiger partial charge >= 0.3 is 11.9 Å². The Bertz CT molecular complexity index is 1000. The molecule has 0 saturated carbocycles. The van der Waals surface area contributed by atoms with Crippen LogP contribution >= 0.6 is 0 Å². The average molecular weight is 399 g/mol. The molecular weight excluding hydrogens is 381 g/mol. The number of halogens is 1. The summed E-state index contributed by atoms with van der Waals surface area (Å²) in [5.74, 6) is -0.946. The van der Waals surface area contributed by atoms with Gasteiger partial charge in [0.2, 0.25) is 11.6 Å². The highest BCUT2D eigenvalue weighted by atomic mass is 19.1. The SMILES string of the molecule is CCC(=O)Oc1c(OC)cc(/C=C2/N=C(c3cccc(F)c3)OC2=O)cc1OC. The molecule has 0 spiro atoms. The van der Waals surface area contributed by atoms with Crippen LogP contribution in [0, 0.1) is 5.82 Å². The Morgan fingerprint density at radius 2 is 1.86 bits per heavy atom. The molecule has 8 heteroatoms. The van der Waals surface area contributed by atoms with E-state index >= 15 is 0 Å². The number of ether oxygens (including phenoxy) is 4. The summed E-state index contributed by atoms with van der Waals surface area (Å²) in [4.78, 5) is 28.0.